The summed E-state index contributed by atoms with van der Waals surface area (Å²) >= 11 is 0. The van der Waals surface area contributed by atoms with E-state index in [-0.39, 0.29) is 12.0 Å². The molecule has 0 radical (unpaired) electrons. The molecule has 0 aliphatic carbocycles. The van der Waals surface area contributed by atoms with Crippen molar-refractivity contribution in [1.82, 2.24) is 0 Å². The van der Waals surface area contributed by atoms with Gasteiger partial charge in [0.25, 0.3) is 0 Å². The first-order valence-corrected chi connectivity index (χ1v) is 3.50. The lowest BCUT2D eigenvalue weighted by molar-refractivity contribution is -0.0599. The molecule has 2 nitrogen and oxygen atoms in total. The number of alkyl halides is 3. The monoisotopic (exact) mass is 179 g/mol. The van der Waals surface area contributed by atoms with Gasteiger partial charge in [0.2, 0.25) is 0 Å². The van der Waals surface area contributed by atoms with Gasteiger partial charge in [-0.2, -0.15) is 13.2 Å². The zero-order chi connectivity index (χ0) is 9.35. The normalized spacial score (nSPS) is 19.4. The molecule has 0 aromatic heterocycles. The summed E-state index contributed by atoms with van der Waals surface area (Å²) in [5, 5.41) is 9.06. The molecule has 0 saturated carbocycles. The molecule has 1 atom stereocenters. The fraction of sp³-hybridized carbons (Fsp3) is 0.571. The summed E-state index contributed by atoms with van der Waals surface area (Å²) in [7, 11) is 0. The Bertz CT molecular complexity index is 242. The second kappa shape index (κ2) is 2.90. The number of rotatable bonds is 2. The van der Waals surface area contributed by atoms with E-state index >= 15 is 0 Å². The van der Waals surface area contributed by atoms with Gasteiger partial charge >= 0.3 is 6.18 Å². The van der Waals surface area contributed by atoms with Crippen LogP contribution in [0.2, 0.25) is 0 Å². The van der Waals surface area contributed by atoms with E-state index < -0.39 is 18.0 Å². The Morgan fingerprint density at radius 1 is 1.58 bits per heavy atom. The summed E-state index contributed by atoms with van der Waals surface area (Å²) in [6, 6.07) is 0. The maximum atomic E-state index is 12.0. The molecule has 12 heavy (non-hydrogen) atoms. The van der Waals surface area contributed by atoms with Crippen molar-refractivity contribution in [2.45, 2.75) is 25.6 Å². The molecule has 0 spiro atoms. The van der Waals surface area contributed by atoms with Crippen LogP contribution in [-0.4, -0.2) is 23.1 Å². The molecule has 0 unspecified atom stereocenters. The molecule has 1 heterocycles. The lowest BCUT2D eigenvalue weighted by Gasteiger charge is -2.21. The molecule has 68 valence electrons. The predicted molar refractivity (Wildman–Crippen MR) is 37.9 cm³/mol. The van der Waals surface area contributed by atoms with E-state index in [1.165, 1.54) is 0 Å². The van der Waals surface area contributed by atoms with Crippen LogP contribution in [0.25, 0.3) is 0 Å². The number of nitrogens with zero attached hydrogens (tertiary/aromatic N) is 1. The number of aliphatic hydroxyl groups is 1. The molecular weight excluding hydrogens is 171 g/mol. The molecule has 5 heteroatoms. The Labute approximate surface area is 67.4 Å². The third-order valence-corrected chi connectivity index (χ3v) is 1.62. The summed E-state index contributed by atoms with van der Waals surface area (Å²) in [4.78, 5) is 3.06. The number of hydrogen-bond acceptors (Lipinski definition) is 2. The Morgan fingerprint density at radius 3 is 2.42 bits per heavy atom. The van der Waals surface area contributed by atoms with Crippen molar-refractivity contribution < 1.29 is 18.3 Å². The maximum Gasteiger partial charge on any atom is 0.433 e. The van der Waals surface area contributed by atoms with Gasteiger partial charge in [-0.3, -0.25) is 4.99 Å². The van der Waals surface area contributed by atoms with Crippen LogP contribution < -0.4 is 0 Å². The van der Waals surface area contributed by atoms with Crippen molar-refractivity contribution >= 4 is 5.71 Å². The van der Waals surface area contributed by atoms with Crippen LogP contribution in [0.15, 0.2) is 16.8 Å². The highest BCUT2D eigenvalue weighted by Gasteiger charge is 2.42. The summed E-state index contributed by atoms with van der Waals surface area (Å²) in [5.74, 6) is 0. The standard InChI is InChI=1S/C7H8F3NO/c1-2-5(12)4-3-11-6(4)7(8,9)10/h3,5,12H,2H2,1H3/t5-/m0/s1. The first-order valence-electron chi connectivity index (χ1n) is 3.50. The molecule has 0 aromatic carbocycles. The Kier molecular flexibility index (Phi) is 2.23. The Morgan fingerprint density at radius 2 is 2.17 bits per heavy atom. The van der Waals surface area contributed by atoms with E-state index in [0.717, 1.165) is 6.20 Å². The van der Waals surface area contributed by atoms with Crippen molar-refractivity contribution in [3.63, 3.8) is 0 Å². The average molecular weight is 179 g/mol. The van der Waals surface area contributed by atoms with Gasteiger partial charge in [-0.05, 0) is 6.42 Å². The highest BCUT2D eigenvalue weighted by atomic mass is 19.4. The average Bonchev–Trinajstić information content (AvgIpc) is 1.80. The lowest BCUT2D eigenvalue weighted by Crippen LogP contribution is -2.33. The quantitative estimate of drug-likeness (QED) is 0.686. The molecule has 0 bridgehead atoms. The minimum absolute atomic E-state index is 0.106. The second-order valence-electron chi connectivity index (χ2n) is 2.48. The number of hydrogen-bond donors (Lipinski definition) is 1. The van der Waals surface area contributed by atoms with Crippen molar-refractivity contribution in [2.24, 2.45) is 4.99 Å². The minimum Gasteiger partial charge on any atom is -0.388 e. The van der Waals surface area contributed by atoms with E-state index in [1.807, 2.05) is 0 Å². The van der Waals surface area contributed by atoms with Crippen LogP contribution in [0.5, 0.6) is 0 Å². The van der Waals surface area contributed by atoms with E-state index in [9.17, 15) is 13.2 Å². The highest BCUT2D eigenvalue weighted by molar-refractivity contribution is 6.09. The summed E-state index contributed by atoms with van der Waals surface area (Å²) in [6.07, 6.45) is -4.16. The number of halogens is 3. The zero-order valence-electron chi connectivity index (χ0n) is 6.39. The molecule has 1 aliphatic heterocycles. The first kappa shape index (κ1) is 9.25. The molecule has 1 aliphatic rings. The molecule has 0 amide bonds. The highest BCUT2D eigenvalue weighted by Crippen LogP contribution is 2.29. The SMILES string of the molecule is CC[C@H](O)C1=CN=C1C(F)(F)F. The van der Waals surface area contributed by atoms with Gasteiger partial charge in [-0.25, -0.2) is 0 Å². The predicted octanol–water partition coefficient (Wildman–Crippen LogP) is 1.66. The van der Waals surface area contributed by atoms with Crippen LogP contribution in [0, 0.1) is 0 Å². The van der Waals surface area contributed by atoms with Gasteiger partial charge < -0.3 is 5.11 Å². The lowest BCUT2D eigenvalue weighted by atomic mass is 10.00. The smallest absolute Gasteiger partial charge is 0.388 e. The maximum absolute atomic E-state index is 12.0. The van der Waals surface area contributed by atoms with Crippen molar-refractivity contribution in [1.29, 1.82) is 0 Å². The molecule has 1 N–H and O–H groups in total. The molecular formula is C7H8F3NO. The fourth-order valence-corrected chi connectivity index (χ4v) is 0.904. The van der Waals surface area contributed by atoms with Crippen LogP contribution >= 0.6 is 0 Å². The van der Waals surface area contributed by atoms with Gasteiger partial charge in [-0.1, -0.05) is 6.92 Å². The van der Waals surface area contributed by atoms with E-state index in [2.05, 4.69) is 4.99 Å². The second-order valence-corrected chi connectivity index (χ2v) is 2.48. The largest absolute Gasteiger partial charge is 0.433 e. The van der Waals surface area contributed by atoms with Gasteiger partial charge in [0, 0.05) is 11.8 Å². The molecule has 1 rings (SSSR count). The minimum atomic E-state index is -4.43. The van der Waals surface area contributed by atoms with Gasteiger partial charge in [0.1, 0.15) is 0 Å². The zero-order valence-corrected chi connectivity index (χ0v) is 6.39. The van der Waals surface area contributed by atoms with Crippen LogP contribution in [0.1, 0.15) is 13.3 Å². The van der Waals surface area contributed by atoms with Gasteiger partial charge in [-0.15, -0.1) is 0 Å². The van der Waals surface area contributed by atoms with Crippen molar-refractivity contribution in [3.8, 4) is 0 Å². The van der Waals surface area contributed by atoms with E-state index in [4.69, 9.17) is 5.11 Å². The van der Waals surface area contributed by atoms with Crippen LogP contribution in [-0.2, 0) is 0 Å². The third kappa shape index (κ3) is 1.50. The van der Waals surface area contributed by atoms with E-state index in [1.54, 1.807) is 6.92 Å². The van der Waals surface area contributed by atoms with Crippen molar-refractivity contribution in [3.05, 3.63) is 11.8 Å². The number of aliphatic hydroxyl groups excluding tert-OH is 1. The van der Waals surface area contributed by atoms with Crippen molar-refractivity contribution in [2.75, 3.05) is 0 Å². The Hall–Kier alpha value is -0.840. The Balaban J connectivity index is 2.65. The molecule has 0 aromatic rings. The molecule has 0 saturated heterocycles. The third-order valence-electron chi connectivity index (χ3n) is 1.62. The summed E-state index contributed by atoms with van der Waals surface area (Å²) in [6.45, 7) is 1.61. The van der Waals surface area contributed by atoms with Gasteiger partial charge in [0.15, 0.2) is 5.71 Å². The first-order chi connectivity index (χ1) is 5.46. The van der Waals surface area contributed by atoms with E-state index in [0.29, 0.717) is 0 Å². The fourth-order valence-electron chi connectivity index (χ4n) is 0.904. The van der Waals surface area contributed by atoms with Crippen LogP contribution in [0.3, 0.4) is 0 Å². The topological polar surface area (TPSA) is 32.6 Å². The molecule has 0 fully saturated rings. The summed E-state index contributed by atoms with van der Waals surface area (Å²) < 4.78 is 35.9. The summed E-state index contributed by atoms with van der Waals surface area (Å²) in [5.41, 5.74) is -1.05. The number of aliphatic imine (C=N–C) groups is 1. The van der Waals surface area contributed by atoms with Gasteiger partial charge in [0.05, 0.1) is 6.10 Å². The van der Waals surface area contributed by atoms with Crippen LogP contribution in [0.4, 0.5) is 13.2 Å².